The predicted molar refractivity (Wildman–Crippen MR) is 241 cm³/mol. The molecule has 6 heteroatoms. The molecule has 1 aliphatic rings. The van der Waals surface area contributed by atoms with Crippen molar-refractivity contribution in [3.63, 3.8) is 0 Å². The maximum Gasteiger partial charge on any atom is 0.266 e. The van der Waals surface area contributed by atoms with Crippen molar-refractivity contribution in [3.8, 4) is 17.1 Å². The van der Waals surface area contributed by atoms with E-state index in [9.17, 15) is 9.90 Å². The first-order valence-electron chi connectivity index (χ1n) is 21.2. The Morgan fingerprint density at radius 3 is 2.00 bits per heavy atom. The zero-order valence-electron chi connectivity index (χ0n) is 36.9. The fourth-order valence-electron chi connectivity index (χ4n) is 8.71. The molecule has 305 valence electrons. The first kappa shape index (κ1) is 46.0. The molecule has 1 aliphatic heterocycles. The van der Waals surface area contributed by atoms with E-state index in [1.54, 1.807) is 0 Å². The summed E-state index contributed by atoms with van der Waals surface area (Å²) in [5, 5.41) is 12.4. The largest absolute Gasteiger partial charge is 0.512 e. The Kier molecular flexibility index (Phi) is 15.6. The minimum Gasteiger partial charge on any atom is -0.512 e. The summed E-state index contributed by atoms with van der Waals surface area (Å²) in [5.74, 6) is 2.38. The van der Waals surface area contributed by atoms with E-state index in [1.165, 1.54) is 61.3 Å². The molecule has 4 aromatic carbocycles. The van der Waals surface area contributed by atoms with Crippen LogP contribution in [0.2, 0.25) is 0 Å². The Balaban J connectivity index is 0.000000385. The number of benzene rings is 4. The van der Waals surface area contributed by atoms with Gasteiger partial charge in [0.15, 0.2) is 5.78 Å². The maximum atomic E-state index is 11.7. The standard InChI is InChI=1S/C38H42BN2.C13H24O2.Ir/c1-23(2)31-11-10-12-32(24(3)4)36(31)39-33-19-29-18-27(21-38(7,8)9)13-14-28(29)20-34(33)41-35(39)22-40-37(41)30-16-25(5)15-26(6)17-30;1-5-10(6-2)12(14)9-13(15)11(7-3)8-4;/h10-16,18-20,22-24H,21H2,1-9H3;9-11,14H,5-8H2,1-4H3;/q-1;;/b;12-9-;. The molecular weight excluding hydrogens is 876 g/mol. The van der Waals surface area contributed by atoms with Gasteiger partial charge in [-0.05, 0) is 88.3 Å². The second kappa shape index (κ2) is 19.4. The minimum atomic E-state index is 0. The van der Waals surface area contributed by atoms with Gasteiger partial charge in [-0.2, -0.15) is 0 Å². The molecule has 6 rings (SSSR count). The Morgan fingerprint density at radius 1 is 0.842 bits per heavy atom. The first-order chi connectivity index (χ1) is 26.5. The number of carbonyl (C=O) groups is 1. The van der Waals surface area contributed by atoms with Gasteiger partial charge in [-0.1, -0.05) is 138 Å². The maximum absolute atomic E-state index is 11.7. The fraction of sp³-hybridized carbons (Fsp3) is 0.451. The molecule has 0 spiro atoms. The topological polar surface area (TPSA) is 55.1 Å². The summed E-state index contributed by atoms with van der Waals surface area (Å²) in [7, 11) is 0. The number of aromatic nitrogens is 2. The van der Waals surface area contributed by atoms with Crippen LogP contribution in [0.5, 0.6) is 0 Å². The van der Waals surface area contributed by atoms with Gasteiger partial charge in [0.25, 0.3) is 6.71 Å². The molecule has 0 aliphatic carbocycles. The molecule has 1 radical (unpaired) electrons. The second-order valence-electron chi connectivity index (χ2n) is 18.0. The summed E-state index contributed by atoms with van der Waals surface area (Å²) in [6, 6.07) is 26.8. The van der Waals surface area contributed by atoms with Gasteiger partial charge in [0, 0.05) is 55.5 Å². The normalized spacial score (nSPS) is 12.6. The number of ketones is 1. The Labute approximate surface area is 358 Å². The van der Waals surface area contributed by atoms with Crippen LogP contribution in [-0.4, -0.2) is 27.2 Å². The number of allylic oxidation sites excluding steroid dienone is 2. The number of aryl methyl sites for hydroxylation is 2. The van der Waals surface area contributed by atoms with Gasteiger partial charge in [0.05, 0.1) is 11.6 Å². The van der Waals surface area contributed by atoms with Gasteiger partial charge in [0.2, 0.25) is 0 Å². The van der Waals surface area contributed by atoms with Gasteiger partial charge in [-0.25, -0.2) is 0 Å². The number of aliphatic hydroxyl groups excluding tert-OH is 1. The monoisotopic (exact) mass is 942 g/mol. The van der Waals surface area contributed by atoms with E-state index >= 15 is 0 Å². The van der Waals surface area contributed by atoms with Gasteiger partial charge in [-0.3, -0.25) is 9.78 Å². The molecule has 5 aromatic rings. The molecule has 0 fully saturated rings. The van der Waals surface area contributed by atoms with Gasteiger partial charge in [0.1, 0.15) is 0 Å². The van der Waals surface area contributed by atoms with Crippen LogP contribution in [0.4, 0.5) is 0 Å². The van der Waals surface area contributed by atoms with Crippen LogP contribution in [0.3, 0.4) is 0 Å². The molecule has 0 saturated carbocycles. The van der Waals surface area contributed by atoms with Gasteiger partial charge < -0.3 is 9.67 Å². The third-order valence-electron chi connectivity index (χ3n) is 11.6. The van der Waals surface area contributed by atoms with Crippen molar-refractivity contribution in [3.05, 3.63) is 113 Å². The summed E-state index contributed by atoms with van der Waals surface area (Å²) in [6.07, 6.45) is 8.10. The number of nitrogens with zero attached hydrogens (tertiary/aromatic N) is 2. The second-order valence-corrected chi connectivity index (χ2v) is 18.0. The SMILES string of the molecule is CCC(CC)C(=O)/C=C(\O)C(CC)CC.Cc1[c-]c(-c2ncc3n2-c2cc4ccc(CC(C)(C)C)cc4cc2B3c2c(C(C)C)cccc2C(C)C)cc(C)c1.[Ir]. The van der Waals surface area contributed by atoms with Crippen LogP contribution in [0.25, 0.3) is 27.8 Å². The number of carbonyl (C=O) groups excluding carboxylic acids is 1. The number of aliphatic hydroxyl groups is 1. The van der Waals surface area contributed by atoms with Crippen molar-refractivity contribution in [2.45, 2.75) is 134 Å². The van der Waals surface area contributed by atoms with Crippen molar-refractivity contribution in [2.75, 3.05) is 0 Å². The molecule has 0 saturated heterocycles. The van der Waals surface area contributed by atoms with Crippen LogP contribution in [0.1, 0.15) is 141 Å². The minimum absolute atomic E-state index is 0. The number of fused-ring (bicyclic) bond motifs is 4. The molecular formula is C51H66BIrN2O2-. The summed E-state index contributed by atoms with van der Waals surface area (Å²) in [5.41, 5.74) is 13.3. The van der Waals surface area contributed by atoms with Gasteiger partial charge in [-0.15, -0.1) is 34.9 Å². The van der Waals surface area contributed by atoms with E-state index in [4.69, 9.17) is 4.98 Å². The van der Waals surface area contributed by atoms with Crippen molar-refractivity contribution >= 4 is 39.8 Å². The van der Waals surface area contributed by atoms with E-state index in [2.05, 4.69) is 140 Å². The number of hydrogen-bond donors (Lipinski definition) is 1. The van der Waals surface area contributed by atoms with Crippen LogP contribution in [0, 0.1) is 37.2 Å². The van der Waals surface area contributed by atoms with Gasteiger partial charge >= 0.3 is 0 Å². The number of imidazole rings is 1. The third kappa shape index (κ3) is 10.3. The van der Waals surface area contributed by atoms with E-state index in [0.717, 1.165) is 49.1 Å². The summed E-state index contributed by atoms with van der Waals surface area (Å²) >= 11 is 0. The molecule has 1 aromatic heterocycles. The molecule has 4 nitrogen and oxygen atoms in total. The Morgan fingerprint density at radius 2 is 1.46 bits per heavy atom. The van der Waals surface area contributed by atoms with Crippen molar-refractivity contribution < 1.29 is 30.0 Å². The van der Waals surface area contributed by atoms with Crippen LogP contribution in [-0.2, 0) is 31.3 Å². The molecule has 0 amide bonds. The smallest absolute Gasteiger partial charge is 0.266 e. The van der Waals surface area contributed by atoms with E-state index in [0.29, 0.717) is 11.8 Å². The number of rotatable bonds is 12. The quantitative estimate of drug-likeness (QED) is 0.0576. The van der Waals surface area contributed by atoms with Crippen LogP contribution < -0.4 is 16.5 Å². The van der Waals surface area contributed by atoms with E-state index < -0.39 is 0 Å². The first-order valence-corrected chi connectivity index (χ1v) is 21.2. The molecule has 0 atom stereocenters. The van der Waals surface area contributed by atoms with E-state index in [-0.39, 0.29) is 55.6 Å². The molecule has 57 heavy (non-hydrogen) atoms. The summed E-state index contributed by atoms with van der Waals surface area (Å²) < 4.78 is 2.43. The van der Waals surface area contributed by atoms with Crippen LogP contribution >= 0.6 is 0 Å². The Bertz CT molecular complexity index is 2150. The molecule has 0 bridgehead atoms. The average Bonchev–Trinajstić information content (AvgIpc) is 3.68. The zero-order chi connectivity index (χ0) is 41.1. The summed E-state index contributed by atoms with van der Waals surface area (Å²) in [4.78, 5) is 16.8. The fourth-order valence-corrected chi connectivity index (χ4v) is 8.71. The van der Waals surface area contributed by atoms with Crippen molar-refractivity contribution in [2.24, 2.45) is 17.3 Å². The molecule has 2 heterocycles. The number of hydrogen-bond acceptors (Lipinski definition) is 3. The average molecular weight is 942 g/mol. The van der Waals surface area contributed by atoms with Crippen LogP contribution in [0.15, 0.2) is 78.7 Å². The third-order valence-corrected chi connectivity index (χ3v) is 11.6. The van der Waals surface area contributed by atoms with Crippen molar-refractivity contribution in [1.82, 2.24) is 9.55 Å². The molecule has 1 N–H and O–H groups in total. The Hall–Kier alpha value is -3.73. The van der Waals surface area contributed by atoms with E-state index in [1.807, 2.05) is 27.7 Å². The van der Waals surface area contributed by atoms with Crippen molar-refractivity contribution in [1.29, 1.82) is 0 Å². The zero-order valence-corrected chi connectivity index (χ0v) is 39.3. The summed E-state index contributed by atoms with van der Waals surface area (Å²) in [6.45, 7) is 28.7. The predicted octanol–water partition coefficient (Wildman–Crippen LogP) is 11.6. The molecule has 0 unspecified atom stereocenters.